The minimum Gasteiger partial charge on any atom is -0.347 e. The van der Waals surface area contributed by atoms with Crippen molar-refractivity contribution in [2.24, 2.45) is 0 Å². The lowest BCUT2D eigenvalue weighted by Gasteiger charge is -2.37. The van der Waals surface area contributed by atoms with E-state index < -0.39 is 25.8 Å². The van der Waals surface area contributed by atoms with Crippen LogP contribution < -0.4 is 4.31 Å². The van der Waals surface area contributed by atoms with Gasteiger partial charge in [-0.25, -0.2) is 16.8 Å². The van der Waals surface area contributed by atoms with Gasteiger partial charge in [0.25, 0.3) is 0 Å². The molecule has 0 unspecified atom stereocenters. The number of aryl methyl sites for hydroxylation is 2. The molecule has 3 heterocycles. The highest BCUT2D eigenvalue weighted by Gasteiger charge is 2.43. The normalized spacial score (nSPS) is 24.8. The first kappa shape index (κ1) is 21.0. The highest BCUT2D eigenvalue weighted by molar-refractivity contribution is 7.92. The van der Waals surface area contributed by atoms with Crippen molar-refractivity contribution >= 4 is 25.7 Å². The molecule has 3 aliphatic rings. The molecular formula is C19H28N2O6S2. The molecule has 0 radical (unpaired) electrons. The van der Waals surface area contributed by atoms with E-state index in [1.165, 1.54) is 8.61 Å². The summed E-state index contributed by atoms with van der Waals surface area (Å²) in [7, 11) is -7.04. The Morgan fingerprint density at radius 3 is 2.10 bits per heavy atom. The molecule has 29 heavy (non-hydrogen) atoms. The molecule has 4 rings (SSSR count). The zero-order valence-corrected chi connectivity index (χ0v) is 18.5. The average molecular weight is 445 g/mol. The summed E-state index contributed by atoms with van der Waals surface area (Å²) in [6.07, 6.45) is 2.48. The largest absolute Gasteiger partial charge is 0.347 e. The molecular weight excluding hydrogens is 416 g/mol. The maximum atomic E-state index is 13.4. The molecule has 0 aromatic heterocycles. The monoisotopic (exact) mass is 444 g/mol. The maximum absolute atomic E-state index is 13.4. The minimum absolute atomic E-state index is 0.130. The molecule has 3 saturated heterocycles. The van der Waals surface area contributed by atoms with Gasteiger partial charge in [-0.3, -0.25) is 4.31 Å². The second-order valence-electron chi connectivity index (χ2n) is 8.02. The Morgan fingerprint density at radius 2 is 1.55 bits per heavy atom. The molecule has 0 aliphatic carbocycles. The Morgan fingerprint density at radius 1 is 0.966 bits per heavy atom. The predicted molar refractivity (Wildman–Crippen MR) is 109 cm³/mol. The van der Waals surface area contributed by atoms with E-state index in [1.54, 1.807) is 26.0 Å². The number of piperidine rings is 1. The van der Waals surface area contributed by atoms with Gasteiger partial charge in [0.1, 0.15) is 0 Å². The van der Waals surface area contributed by atoms with E-state index in [-0.39, 0.29) is 10.6 Å². The van der Waals surface area contributed by atoms with Gasteiger partial charge in [-0.1, -0.05) is 0 Å². The van der Waals surface area contributed by atoms with Crippen LogP contribution in [0.2, 0.25) is 0 Å². The van der Waals surface area contributed by atoms with Crippen molar-refractivity contribution in [1.82, 2.24) is 4.31 Å². The fourth-order valence-electron chi connectivity index (χ4n) is 4.54. The SMILES string of the molecule is Cc1cc(N2CCCCS2(=O)=O)cc(C)c1S(=O)(=O)N1CCC2(CC1)OCCO2. The molecule has 0 amide bonds. The number of sulfonamides is 2. The summed E-state index contributed by atoms with van der Waals surface area (Å²) in [6.45, 7) is 5.66. The van der Waals surface area contributed by atoms with Gasteiger partial charge in [-0.2, -0.15) is 4.31 Å². The highest BCUT2D eigenvalue weighted by atomic mass is 32.2. The van der Waals surface area contributed by atoms with Gasteiger partial charge < -0.3 is 9.47 Å². The van der Waals surface area contributed by atoms with E-state index in [0.717, 1.165) is 6.42 Å². The molecule has 3 aliphatic heterocycles. The van der Waals surface area contributed by atoms with Gasteiger partial charge in [0.2, 0.25) is 20.0 Å². The van der Waals surface area contributed by atoms with Crippen molar-refractivity contribution in [3.63, 3.8) is 0 Å². The Bertz CT molecular complexity index is 967. The summed E-state index contributed by atoms with van der Waals surface area (Å²) in [5.74, 6) is -0.507. The van der Waals surface area contributed by atoms with Crippen molar-refractivity contribution in [1.29, 1.82) is 0 Å². The fourth-order valence-corrected chi connectivity index (χ4v) is 8.02. The molecule has 3 fully saturated rings. The molecule has 1 aromatic rings. The van der Waals surface area contributed by atoms with Gasteiger partial charge >= 0.3 is 0 Å². The van der Waals surface area contributed by atoms with E-state index >= 15 is 0 Å². The van der Waals surface area contributed by atoms with Crippen LogP contribution in [0.4, 0.5) is 5.69 Å². The van der Waals surface area contributed by atoms with Gasteiger partial charge in [0, 0.05) is 32.5 Å². The average Bonchev–Trinajstić information content (AvgIpc) is 3.08. The Hall–Kier alpha value is -1.20. The number of ether oxygens (including phenoxy) is 2. The standard InChI is InChI=1S/C19H28N2O6S2/c1-15-13-17(21-7-3-4-12-28(21,22)23)14-16(2)18(15)29(24,25)20-8-5-19(6-9-20)26-10-11-27-19/h13-14H,3-12H2,1-2H3. The van der Waals surface area contributed by atoms with Crippen molar-refractivity contribution in [3.8, 4) is 0 Å². The number of nitrogens with zero attached hydrogens (tertiary/aromatic N) is 2. The van der Waals surface area contributed by atoms with Crippen LogP contribution >= 0.6 is 0 Å². The minimum atomic E-state index is -3.69. The molecule has 0 saturated carbocycles. The summed E-state index contributed by atoms with van der Waals surface area (Å²) in [5, 5.41) is 0. The third kappa shape index (κ3) is 3.81. The zero-order valence-electron chi connectivity index (χ0n) is 16.9. The van der Waals surface area contributed by atoms with Gasteiger partial charge in [0.15, 0.2) is 5.79 Å². The van der Waals surface area contributed by atoms with E-state index in [0.29, 0.717) is 68.9 Å². The third-order valence-corrected chi connectivity index (χ3v) is 10.1. The number of rotatable bonds is 3. The maximum Gasteiger partial charge on any atom is 0.243 e. The van der Waals surface area contributed by atoms with Crippen LogP contribution in [-0.4, -0.2) is 65.5 Å². The zero-order chi connectivity index (χ0) is 20.9. The molecule has 162 valence electrons. The van der Waals surface area contributed by atoms with Crippen LogP contribution in [0.25, 0.3) is 0 Å². The van der Waals surface area contributed by atoms with E-state index in [9.17, 15) is 16.8 Å². The van der Waals surface area contributed by atoms with E-state index in [2.05, 4.69) is 0 Å². The fraction of sp³-hybridized carbons (Fsp3) is 0.684. The van der Waals surface area contributed by atoms with Crippen LogP contribution in [-0.2, 0) is 29.5 Å². The number of anilines is 1. The summed E-state index contributed by atoms with van der Waals surface area (Å²) in [6, 6.07) is 3.36. The Labute approximate surface area is 172 Å². The molecule has 10 heteroatoms. The van der Waals surface area contributed by atoms with E-state index in [4.69, 9.17) is 9.47 Å². The molecule has 0 bridgehead atoms. The lowest BCUT2D eigenvalue weighted by atomic mass is 10.1. The first-order chi connectivity index (χ1) is 13.6. The quantitative estimate of drug-likeness (QED) is 0.705. The lowest BCUT2D eigenvalue weighted by Crippen LogP contribution is -2.47. The third-order valence-electron chi connectivity index (χ3n) is 5.98. The second kappa shape index (κ2) is 7.49. The molecule has 1 spiro atoms. The van der Waals surface area contributed by atoms with E-state index in [1.807, 2.05) is 0 Å². The van der Waals surface area contributed by atoms with Crippen molar-refractivity contribution in [3.05, 3.63) is 23.3 Å². The van der Waals surface area contributed by atoms with Crippen molar-refractivity contribution in [2.75, 3.05) is 42.9 Å². The Balaban J connectivity index is 1.61. The van der Waals surface area contributed by atoms with Gasteiger partial charge in [-0.15, -0.1) is 0 Å². The second-order valence-corrected chi connectivity index (χ2v) is 11.9. The highest BCUT2D eigenvalue weighted by Crippen LogP contribution is 2.36. The topological polar surface area (TPSA) is 93.2 Å². The molecule has 8 nitrogen and oxygen atoms in total. The number of hydrogen-bond donors (Lipinski definition) is 0. The first-order valence-electron chi connectivity index (χ1n) is 10.0. The molecule has 0 N–H and O–H groups in total. The summed E-state index contributed by atoms with van der Waals surface area (Å²) in [5.41, 5.74) is 1.67. The first-order valence-corrected chi connectivity index (χ1v) is 13.1. The molecule has 1 aromatic carbocycles. The van der Waals surface area contributed by atoms with Crippen LogP contribution in [0.5, 0.6) is 0 Å². The smallest absolute Gasteiger partial charge is 0.243 e. The van der Waals surface area contributed by atoms with Crippen LogP contribution in [0.1, 0.15) is 36.8 Å². The Kier molecular flexibility index (Phi) is 5.44. The van der Waals surface area contributed by atoms with Crippen LogP contribution in [0.15, 0.2) is 17.0 Å². The summed E-state index contributed by atoms with van der Waals surface area (Å²) >= 11 is 0. The van der Waals surface area contributed by atoms with Gasteiger partial charge in [0.05, 0.1) is 29.5 Å². The summed E-state index contributed by atoms with van der Waals surface area (Å²) < 4.78 is 65.9. The van der Waals surface area contributed by atoms with Crippen LogP contribution in [0.3, 0.4) is 0 Å². The predicted octanol–water partition coefficient (Wildman–Crippen LogP) is 1.76. The van der Waals surface area contributed by atoms with Crippen molar-refractivity contribution in [2.45, 2.75) is 50.2 Å². The molecule has 0 atom stereocenters. The van der Waals surface area contributed by atoms with Gasteiger partial charge in [-0.05, 0) is 49.9 Å². The summed E-state index contributed by atoms with van der Waals surface area (Å²) in [4.78, 5) is 0.264. The van der Waals surface area contributed by atoms with Crippen LogP contribution in [0, 0.1) is 13.8 Å². The van der Waals surface area contributed by atoms with Crippen molar-refractivity contribution < 1.29 is 26.3 Å². The number of benzene rings is 1. The number of hydrogen-bond acceptors (Lipinski definition) is 6. The lowest BCUT2D eigenvalue weighted by molar-refractivity contribution is -0.179.